The third kappa shape index (κ3) is 3.51. The smallest absolute Gasteiger partial charge is 0.304 e. The number of piperazine rings is 1. The molecule has 1 N–H and O–H groups in total. The van der Waals surface area contributed by atoms with Gasteiger partial charge in [-0.2, -0.15) is 0 Å². The summed E-state index contributed by atoms with van der Waals surface area (Å²) in [6.07, 6.45) is 0.239. The number of rotatable bonds is 4. The van der Waals surface area contributed by atoms with Crippen LogP contribution in [0.2, 0.25) is 0 Å². The first kappa shape index (κ1) is 14.9. The zero-order valence-corrected chi connectivity index (χ0v) is 12.6. The van der Waals surface area contributed by atoms with Gasteiger partial charge < -0.3 is 10.0 Å². The Morgan fingerprint density at radius 2 is 1.65 bits per heavy atom. The number of carboxylic acids is 1. The van der Waals surface area contributed by atoms with Crippen LogP contribution in [0.25, 0.3) is 0 Å². The molecular weight excluding hydrogens is 252 g/mol. The summed E-state index contributed by atoms with van der Waals surface area (Å²) in [4.78, 5) is 15.3. The van der Waals surface area contributed by atoms with Gasteiger partial charge in [-0.3, -0.25) is 9.69 Å². The maximum absolute atomic E-state index is 10.6. The minimum Gasteiger partial charge on any atom is -0.481 e. The molecule has 1 heterocycles. The van der Waals surface area contributed by atoms with Crippen molar-refractivity contribution in [3.8, 4) is 0 Å². The molecule has 0 amide bonds. The molecule has 1 fully saturated rings. The topological polar surface area (TPSA) is 43.8 Å². The number of nitrogens with zero attached hydrogens (tertiary/aromatic N) is 2. The fraction of sp³-hybridized carbons (Fsp3) is 0.562. The molecule has 0 atom stereocenters. The zero-order valence-electron chi connectivity index (χ0n) is 12.6. The van der Waals surface area contributed by atoms with Crippen LogP contribution in [0.4, 0.5) is 5.69 Å². The molecular formula is C16H24N2O2. The Hall–Kier alpha value is -1.55. The molecule has 0 spiro atoms. The van der Waals surface area contributed by atoms with Crippen LogP contribution in [0.15, 0.2) is 12.1 Å². The number of anilines is 1. The van der Waals surface area contributed by atoms with Crippen molar-refractivity contribution in [2.24, 2.45) is 0 Å². The second-order valence-corrected chi connectivity index (χ2v) is 5.70. The van der Waals surface area contributed by atoms with Crippen molar-refractivity contribution in [3.05, 3.63) is 28.8 Å². The first-order chi connectivity index (χ1) is 9.47. The van der Waals surface area contributed by atoms with Crippen LogP contribution in [-0.4, -0.2) is 48.7 Å². The largest absolute Gasteiger partial charge is 0.481 e. The molecule has 110 valence electrons. The third-order valence-corrected chi connectivity index (χ3v) is 4.17. The summed E-state index contributed by atoms with van der Waals surface area (Å²) in [5.74, 6) is -0.711. The van der Waals surface area contributed by atoms with Gasteiger partial charge in [0.1, 0.15) is 0 Å². The minimum atomic E-state index is -0.711. The molecule has 4 heteroatoms. The quantitative estimate of drug-likeness (QED) is 0.915. The molecule has 0 aromatic heterocycles. The molecule has 1 aliphatic rings. The van der Waals surface area contributed by atoms with E-state index in [1.165, 1.54) is 22.4 Å². The number of carbonyl (C=O) groups is 1. The summed E-state index contributed by atoms with van der Waals surface area (Å²) >= 11 is 0. The van der Waals surface area contributed by atoms with Crippen LogP contribution in [0.5, 0.6) is 0 Å². The lowest BCUT2D eigenvalue weighted by atomic mass is 10.0. The van der Waals surface area contributed by atoms with Crippen molar-refractivity contribution in [2.75, 3.05) is 37.6 Å². The van der Waals surface area contributed by atoms with Crippen LogP contribution in [0.3, 0.4) is 0 Å². The fourth-order valence-electron chi connectivity index (χ4n) is 2.75. The molecule has 0 radical (unpaired) electrons. The Kier molecular flexibility index (Phi) is 4.65. The molecule has 0 saturated carbocycles. The van der Waals surface area contributed by atoms with Gasteiger partial charge in [-0.05, 0) is 43.5 Å². The summed E-state index contributed by atoms with van der Waals surface area (Å²) in [6, 6.07) is 4.53. The van der Waals surface area contributed by atoms with Gasteiger partial charge in [0.25, 0.3) is 0 Å². The van der Waals surface area contributed by atoms with Gasteiger partial charge in [-0.15, -0.1) is 0 Å². The van der Waals surface area contributed by atoms with E-state index in [0.717, 1.165) is 26.2 Å². The van der Waals surface area contributed by atoms with Gasteiger partial charge in [0.05, 0.1) is 6.42 Å². The van der Waals surface area contributed by atoms with E-state index >= 15 is 0 Å². The van der Waals surface area contributed by atoms with Gasteiger partial charge in [-0.1, -0.05) is 6.07 Å². The summed E-state index contributed by atoms with van der Waals surface area (Å²) in [7, 11) is 0. The summed E-state index contributed by atoms with van der Waals surface area (Å²) in [5.41, 5.74) is 5.32. The second-order valence-electron chi connectivity index (χ2n) is 5.70. The number of aliphatic carboxylic acids is 1. The Labute approximate surface area is 121 Å². The highest BCUT2D eigenvalue weighted by molar-refractivity contribution is 5.66. The normalized spacial score (nSPS) is 16.4. The van der Waals surface area contributed by atoms with Crippen LogP contribution >= 0.6 is 0 Å². The lowest BCUT2D eigenvalue weighted by Crippen LogP contribution is -2.47. The van der Waals surface area contributed by atoms with Gasteiger partial charge in [0.15, 0.2) is 0 Å². The van der Waals surface area contributed by atoms with Crippen molar-refractivity contribution in [1.29, 1.82) is 0 Å². The second kappa shape index (κ2) is 6.27. The van der Waals surface area contributed by atoms with Gasteiger partial charge in [-0.25, -0.2) is 0 Å². The molecule has 0 bridgehead atoms. The van der Waals surface area contributed by atoms with E-state index in [0.29, 0.717) is 6.54 Å². The predicted octanol–water partition coefficient (Wildman–Crippen LogP) is 2.21. The van der Waals surface area contributed by atoms with Crippen molar-refractivity contribution >= 4 is 11.7 Å². The molecule has 20 heavy (non-hydrogen) atoms. The van der Waals surface area contributed by atoms with Crippen molar-refractivity contribution in [1.82, 2.24) is 4.90 Å². The molecule has 0 unspecified atom stereocenters. The molecule has 2 rings (SSSR count). The van der Waals surface area contributed by atoms with E-state index < -0.39 is 5.97 Å². The van der Waals surface area contributed by atoms with Gasteiger partial charge in [0, 0.05) is 38.4 Å². The van der Waals surface area contributed by atoms with Crippen molar-refractivity contribution in [2.45, 2.75) is 27.2 Å². The SMILES string of the molecule is Cc1cc(C)c(N2CCN(CCC(=O)O)CC2)cc1C. The molecule has 1 aromatic rings. The summed E-state index contributed by atoms with van der Waals surface area (Å²) in [5, 5.41) is 8.73. The van der Waals surface area contributed by atoms with Crippen LogP contribution in [0.1, 0.15) is 23.1 Å². The zero-order chi connectivity index (χ0) is 14.7. The Bertz CT molecular complexity index is 491. The molecule has 1 aromatic carbocycles. The van der Waals surface area contributed by atoms with E-state index in [4.69, 9.17) is 5.11 Å². The monoisotopic (exact) mass is 276 g/mol. The summed E-state index contributed by atoms with van der Waals surface area (Å²) in [6.45, 7) is 11.0. The fourth-order valence-corrected chi connectivity index (χ4v) is 2.75. The number of hydrogen-bond acceptors (Lipinski definition) is 3. The third-order valence-electron chi connectivity index (χ3n) is 4.17. The Morgan fingerprint density at radius 1 is 1.05 bits per heavy atom. The van der Waals surface area contributed by atoms with E-state index in [9.17, 15) is 4.79 Å². The van der Waals surface area contributed by atoms with Gasteiger partial charge >= 0.3 is 5.97 Å². The number of aryl methyl sites for hydroxylation is 3. The summed E-state index contributed by atoms with van der Waals surface area (Å²) < 4.78 is 0. The average molecular weight is 276 g/mol. The highest BCUT2D eigenvalue weighted by Crippen LogP contribution is 2.25. The predicted molar refractivity (Wildman–Crippen MR) is 81.6 cm³/mol. The lowest BCUT2D eigenvalue weighted by Gasteiger charge is -2.37. The maximum Gasteiger partial charge on any atom is 0.304 e. The number of benzene rings is 1. The average Bonchev–Trinajstić information content (AvgIpc) is 2.41. The maximum atomic E-state index is 10.6. The molecule has 0 aliphatic carbocycles. The lowest BCUT2D eigenvalue weighted by molar-refractivity contribution is -0.137. The number of hydrogen-bond donors (Lipinski definition) is 1. The van der Waals surface area contributed by atoms with E-state index in [-0.39, 0.29) is 6.42 Å². The van der Waals surface area contributed by atoms with Gasteiger partial charge in [0.2, 0.25) is 0 Å². The van der Waals surface area contributed by atoms with Crippen LogP contribution in [0, 0.1) is 20.8 Å². The van der Waals surface area contributed by atoms with Crippen molar-refractivity contribution < 1.29 is 9.90 Å². The Morgan fingerprint density at radius 3 is 2.25 bits per heavy atom. The van der Waals surface area contributed by atoms with E-state index in [1.54, 1.807) is 0 Å². The Balaban J connectivity index is 1.97. The van der Waals surface area contributed by atoms with E-state index in [2.05, 4.69) is 42.7 Å². The van der Waals surface area contributed by atoms with E-state index in [1.807, 2.05) is 0 Å². The highest BCUT2D eigenvalue weighted by Gasteiger charge is 2.19. The highest BCUT2D eigenvalue weighted by atomic mass is 16.4. The van der Waals surface area contributed by atoms with Crippen LogP contribution < -0.4 is 4.90 Å². The molecule has 1 saturated heterocycles. The standard InChI is InChI=1S/C16H24N2O2/c1-12-10-14(3)15(11-13(12)2)18-8-6-17(7-9-18)5-4-16(19)20/h10-11H,4-9H2,1-3H3,(H,19,20). The van der Waals surface area contributed by atoms with Crippen molar-refractivity contribution in [3.63, 3.8) is 0 Å². The minimum absolute atomic E-state index is 0.239. The first-order valence-electron chi connectivity index (χ1n) is 7.24. The first-order valence-corrected chi connectivity index (χ1v) is 7.24. The molecule has 4 nitrogen and oxygen atoms in total. The molecule has 1 aliphatic heterocycles. The van der Waals surface area contributed by atoms with Crippen LogP contribution in [-0.2, 0) is 4.79 Å². The number of carboxylic acid groups (broad SMARTS) is 1.